The summed E-state index contributed by atoms with van der Waals surface area (Å²) in [5.41, 5.74) is 4.88. The highest BCUT2D eigenvalue weighted by molar-refractivity contribution is 9.10. The summed E-state index contributed by atoms with van der Waals surface area (Å²) in [6.07, 6.45) is 0. The summed E-state index contributed by atoms with van der Waals surface area (Å²) < 4.78 is 5.42. The van der Waals surface area contributed by atoms with E-state index >= 15 is 0 Å². The minimum atomic E-state index is -0.458. The molecule has 268 valence electrons. The molecule has 0 saturated carbocycles. The number of carbonyl (C=O) groups is 2. The standard InChI is InChI=1S/C38H40BrN9O4/c1-23-15-25(9-14-30(23)39)35(50)46-18-31-32(34(49)40-16-26-7-5-6-8-29(26)33-41-42-36(51)44(33)4)48(37(52)47(31)17-24(46)2)28-12-10-27(11-13-28)45-21-38(22-45)19-43(3)20-38/h5-15,24H,16-22H2,1-4H3,(H,40,49)(H,42,51). The first-order valence-electron chi connectivity index (χ1n) is 17.4. The minimum Gasteiger partial charge on any atom is -0.370 e. The second-order valence-corrected chi connectivity index (χ2v) is 15.4. The number of aromatic nitrogens is 5. The van der Waals surface area contributed by atoms with E-state index in [1.807, 2.05) is 74.5 Å². The van der Waals surface area contributed by atoms with Crippen molar-refractivity contribution in [3.63, 3.8) is 0 Å². The number of aromatic amines is 1. The molecule has 1 atom stereocenters. The van der Waals surface area contributed by atoms with Gasteiger partial charge in [-0.15, -0.1) is 0 Å². The third-order valence-electron chi connectivity index (χ3n) is 10.7. The zero-order valence-corrected chi connectivity index (χ0v) is 31.1. The molecule has 0 bridgehead atoms. The first-order valence-corrected chi connectivity index (χ1v) is 18.2. The van der Waals surface area contributed by atoms with Crippen molar-refractivity contribution in [3.05, 3.63) is 120 Å². The van der Waals surface area contributed by atoms with Crippen molar-refractivity contribution < 1.29 is 9.59 Å². The molecular weight excluding hydrogens is 726 g/mol. The van der Waals surface area contributed by atoms with E-state index in [4.69, 9.17) is 0 Å². The van der Waals surface area contributed by atoms with E-state index in [1.165, 1.54) is 9.13 Å². The Labute approximate surface area is 308 Å². The molecule has 1 spiro atoms. The van der Waals surface area contributed by atoms with Crippen LogP contribution in [0.3, 0.4) is 0 Å². The Kier molecular flexibility index (Phi) is 8.33. The molecule has 0 radical (unpaired) electrons. The number of rotatable bonds is 7. The Balaban J connectivity index is 1.14. The van der Waals surface area contributed by atoms with Crippen molar-refractivity contribution in [1.29, 1.82) is 0 Å². The van der Waals surface area contributed by atoms with Crippen molar-refractivity contribution in [1.82, 2.24) is 39.0 Å². The van der Waals surface area contributed by atoms with Crippen LogP contribution in [0, 0.1) is 12.3 Å². The van der Waals surface area contributed by atoms with Crippen molar-refractivity contribution >= 4 is 33.4 Å². The fourth-order valence-corrected chi connectivity index (χ4v) is 8.35. The van der Waals surface area contributed by atoms with Crippen LogP contribution < -0.4 is 21.6 Å². The van der Waals surface area contributed by atoms with E-state index in [0.717, 1.165) is 47.5 Å². The van der Waals surface area contributed by atoms with Crippen LogP contribution in [-0.2, 0) is 26.7 Å². The van der Waals surface area contributed by atoms with Crippen LogP contribution in [0.5, 0.6) is 0 Å². The van der Waals surface area contributed by atoms with Crippen molar-refractivity contribution in [2.45, 2.75) is 39.5 Å². The van der Waals surface area contributed by atoms with Gasteiger partial charge in [0, 0.05) is 79.1 Å². The molecule has 5 aromatic rings. The van der Waals surface area contributed by atoms with Crippen LogP contribution >= 0.6 is 15.9 Å². The molecule has 13 nitrogen and oxygen atoms in total. The number of hydrogen-bond donors (Lipinski definition) is 2. The summed E-state index contributed by atoms with van der Waals surface area (Å²) in [5.74, 6) is -0.188. The van der Waals surface area contributed by atoms with Gasteiger partial charge in [-0.1, -0.05) is 40.2 Å². The average Bonchev–Trinajstić information content (AvgIpc) is 3.59. The molecule has 3 aliphatic heterocycles. The monoisotopic (exact) mass is 765 g/mol. The number of halogens is 1. The summed E-state index contributed by atoms with van der Waals surface area (Å²) in [5, 5.41) is 9.69. The molecule has 2 amide bonds. The van der Waals surface area contributed by atoms with E-state index < -0.39 is 5.91 Å². The van der Waals surface area contributed by atoms with Crippen LogP contribution in [-0.4, -0.2) is 84.8 Å². The maximum Gasteiger partial charge on any atom is 0.343 e. The number of carbonyl (C=O) groups excluding carboxylic acids is 2. The molecular formula is C38H40BrN9O4. The lowest BCUT2D eigenvalue weighted by Gasteiger charge is -2.60. The molecule has 2 saturated heterocycles. The van der Waals surface area contributed by atoms with Crippen molar-refractivity contribution in [3.8, 4) is 17.1 Å². The SMILES string of the molecule is Cc1cc(C(=O)N2Cc3c(C(=O)NCc4ccccc4-c4n[nH]c(=O)n4C)n(-c4ccc(N5CC6(CN(C)C6)C5)cc4)c(=O)n3CC2C)ccc1Br. The van der Waals surface area contributed by atoms with Gasteiger partial charge in [-0.25, -0.2) is 14.7 Å². The van der Waals surface area contributed by atoms with Crippen LogP contribution in [0.1, 0.15) is 44.6 Å². The molecule has 14 heteroatoms. The van der Waals surface area contributed by atoms with Gasteiger partial charge < -0.3 is 20.0 Å². The Bertz CT molecular complexity index is 2340. The number of hydrogen-bond acceptors (Lipinski definition) is 7. The van der Waals surface area contributed by atoms with Gasteiger partial charge in [0.1, 0.15) is 5.69 Å². The molecule has 3 aliphatic rings. The van der Waals surface area contributed by atoms with Gasteiger partial charge in [0.05, 0.1) is 17.9 Å². The third-order valence-corrected chi connectivity index (χ3v) is 11.6. The van der Waals surface area contributed by atoms with Crippen LogP contribution in [0.2, 0.25) is 0 Å². The summed E-state index contributed by atoms with van der Waals surface area (Å²) >= 11 is 3.52. The number of nitrogens with zero attached hydrogens (tertiary/aromatic N) is 7. The van der Waals surface area contributed by atoms with E-state index in [9.17, 15) is 19.2 Å². The zero-order chi connectivity index (χ0) is 36.5. The quantitative estimate of drug-likeness (QED) is 0.259. The van der Waals surface area contributed by atoms with E-state index in [1.54, 1.807) is 22.6 Å². The largest absolute Gasteiger partial charge is 0.370 e. The zero-order valence-electron chi connectivity index (χ0n) is 29.5. The molecule has 0 aliphatic carbocycles. The predicted molar refractivity (Wildman–Crippen MR) is 201 cm³/mol. The van der Waals surface area contributed by atoms with Gasteiger partial charge in [0.15, 0.2) is 5.82 Å². The van der Waals surface area contributed by atoms with Crippen molar-refractivity contribution in [2.24, 2.45) is 12.5 Å². The Morgan fingerprint density at radius 2 is 1.69 bits per heavy atom. The smallest absolute Gasteiger partial charge is 0.343 e. The van der Waals surface area contributed by atoms with Gasteiger partial charge in [-0.05, 0) is 74.5 Å². The fourth-order valence-electron chi connectivity index (χ4n) is 8.10. The number of nitrogens with one attached hydrogen (secondary N) is 2. The summed E-state index contributed by atoms with van der Waals surface area (Å²) in [7, 11) is 3.77. The van der Waals surface area contributed by atoms with Crippen LogP contribution in [0.15, 0.2) is 80.8 Å². The second kappa shape index (κ2) is 12.8. The highest BCUT2D eigenvalue weighted by atomic mass is 79.9. The highest BCUT2D eigenvalue weighted by Crippen LogP contribution is 2.41. The van der Waals surface area contributed by atoms with E-state index in [-0.39, 0.29) is 48.7 Å². The molecule has 2 N–H and O–H groups in total. The topological polar surface area (TPSA) is 134 Å². The summed E-state index contributed by atoms with van der Waals surface area (Å²) in [6.45, 7) is 8.49. The Hall–Kier alpha value is -5.21. The predicted octanol–water partition coefficient (Wildman–Crippen LogP) is 3.53. The van der Waals surface area contributed by atoms with Crippen molar-refractivity contribution in [2.75, 3.05) is 38.1 Å². The second-order valence-electron chi connectivity index (χ2n) is 14.6. The lowest BCUT2D eigenvalue weighted by molar-refractivity contribution is -0.00238. The van der Waals surface area contributed by atoms with Gasteiger partial charge in [-0.3, -0.25) is 23.3 Å². The number of benzene rings is 3. The van der Waals surface area contributed by atoms with Gasteiger partial charge in [-0.2, -0.15) is 5.10 Å². The minimum absolute atomic E-state index is 0.0778. The lowest BCUT2D eigenvalue weighted by atomic mass is 9.73. The number of aryl methyl sites for hydroxylation is 1. The third kappa shape index (κ3) is 5.70. The summed E-state index contributed by atoms with van der Waals surface area (Å²) in [4.78, 5) is 61.2. The highest BCUT2D eigenvalue weighted by Gasteiger charge is 2.50. The number of amides is 2. The van der Waals surface area contributed by atoms with E-state index in [0.29, 0.717) is 33.7 Å². The Morgan fingerprint density at radius 3 is 2.37 bits per heavy atom. The van der Waals surface area contributed by atoms with E-state index in [2.05, 4.69) is 48.3 Å². The number of fused-ring (bicyclic) bond motifs is 1. The van der Waals surface area contributed by atoms with Gasteiger partial charge in [0.25, 0.3) is 11.8 Å². The van der Waals surface area contributed by atoms with Crippen LogP contribution in [0.25, 0.3) is 17.1 Å². The molecule has 8 rings (SSSR count). The summed E-state index contributed by atoms with van der Waals surface area (Å²) in [6, 6.07) is 20.4. The fraction of sp³-hybridized carbons (Fsp3) is 0.342. The molecule has 1 unspecified atom stereocenters. The maximum absolute atomic E-state index is 14.4. The number of imidazole rings is 1. The Morgan fingerprint density at radius 1 is 0.981 bits per heavy atom. The number of anilines is 1. The van der Waals surface area contributed by atoms with Crippen LogP contribution in [0.4, 0.5) is 5.69 Å². The molecule has 2 fully saturated rings. The normalized spacial score (nSPS) is 17.8. The average molecular weight is 767 g/mol. The molecule has 52 heavy (non-hydrogen) atoms. The molecule has 5 heterocycles. The number of likely N-dealkylation sites (tertiary alicyclic amines) is 1. The number of H-pyrrole nitrogens is 1. The first kappa shape index (κ1) is 33.9. The lowest BCUT2D eigenvalue weighted by Crippen LogP contribution is -2.71. The van der Waals surface area contributed by atoms with Gasteiger partial charge in [0.2, 0.25) is 0 Å². The molecule has 2 aromatic heterocycles. The molecule has 3 aromatic carbocycles. The van der Waals surface area contributed by atoms with Gasteiger partial charge >= 0.3 is 11.4 Å². The first-order chi connectivity index (χ1) is 24.9. The maximum atomic E-state index is 14.4.